The summed E-state index contributed by atoms with van der Waals surface area (Å²) in [5.74, 6) is -0.548. The second kappa shape index (κ2) is 6.62. The number of hydrogen-bond donors (Lipinski definition) is 2. The average Bonchev–Trinajstić information content (AvgIpc) is 2.55. The largest absolute Gasteiger partial charge is 0.378 e. The molecule has 0 saturated carbocycles. The summed E-state index contributed by atoms with van der Waals surface area (Å²) in [6.45, 7) is 2.12. The standard InChI is InChI=1S/C14H15FN6O3/c15-9-2-1-3-10(8-9)17-13-11(21(22)23)12(16)18-14(19-13)20-4-6-24-7-5-20/h1-3,8H,4-7H2,(H3,16,17,18,19). The molecule has 24 heavy (non-hydrogen) atoms. The van der Waals surface area contributed by atoms with E-state index in [4.69, 9.17) is 10.5 Å². The highest BCUT2D eigenvalue weighted by Gasteiger charge is 2.26. The molecule has 1 fully saturated rings. The van der Waals surface area contributed by atoms with Crippen molar-refractivity contribution in [2.75, 3.05) is 42.3 Å². The van der Waals surface area contributed by atoms with Gasteiger partial charge in [-0.3, -0.25) is 10.1 Å². The van der Waals surface area contributed by atoms with Gasteiger partial charge < -0.3 is 20.7 Å². The highest BCUT2D eigenvalue weighted by Crippen LogP contribution is 2.32. The maximum atomic E-state index is 13.3. The number of rotatable bonds is 4. The number of halogens is 1. The van der Waals surface area contributed by atoms with Gasteiger partial charge in [-0.25, -0.2) is 4.39 Å². The second-order valence-electron chi connectivity index (χ2n) is 5.10. The van der Waals surface area contributed by atoms with E-state index < -0.39 is 16.4 Å². The molecule has 1 aromatic heterocycles. The molecule has 3 rings (SSSR count). The second-order valence-corrected chi connectivity index (χ2v) is 5.10. The van der Waals surface area contributed by atoms with Crippen LogP contribution in [0.2, 0.25) is 0 Å². The number of nitrogens with zero attached hydrogens (tertiary/aromatic N) is 4. The van der Waals surface area contributed by atoms with Gasteiger partial charge in [-0.15, -0.1) is 0 Å². The topological polar surface area (TPSA) is 119 Å². The summed E-state index contributed by atoms with van der Waals surface area (Å²) in [6, 6.07) is 5.53. The van der Waals surface area contributed by atoms with Gasteiger partial charge in [0.2, 0.25) is 17.6 Å². The van der Waals surface area contributed by atoms with Gasteiger partial charge in [0, 0.05) is 18.8 Å². The van der Waals surface area contributed by atoms with E-state index in [9.17, 15) is 14.5 Å². The van der Waals surface area contributed by atoms with E-state index in [0.717, 1.165) is 0 Å². The molecular formula is C14H15FN6O3. The van der Waals surface area contributed by atoms with Crippen LogP contribution in [0.3, 0.4) is 0 Å². The molecule has 9 nitrogen and oxygen atoms in total. The van der Waals surface area contributed by atoms with Crippen LogP contribution in [-0.2, 0) is 4.74 Å². The van der Waals surface area contributed by atoms with Crippen LogP contribution in [0.25, 0.3) is 0 Å². The van der Waals surface area contributed by atoms with Gasteiger partial charge in [-0.2, -0.15) is 9.97 Å². The fourth-order valence-corrected chi connectivity index (χ4v) is 2.33. The van der Waals surface area contributed by atoms with Crippen molar-refractivity contribution in [3.05, 3.63) is 40.2 Å². The summed E-state index contributed by atoms with van der Waals surface area (Å²) < 4.78 is 18.6. The molecule has 10 heteroatoms. The Balaban J connectivity index is 2.00. The highest BCUT2D eigenvalue weighted by molar-refractivity contribution is 5.74. The Kier molecular flexibility index (Phi) is 4.38. The lowest BCUT2D eigenvalue weighted by Crippen LogP contribution is -2.37. The third kappa shape index (κ3) is 3.33. The maximum Gasteiger partial charge on any atom is 0.353 e. The van der Waals surface area contributed by atoms with Crippen molar-refractivity contribution in [1.29, 1.82) is 0 Å². The molecule has 0 atom stereocenters. The number of aromatic nitrogens is 2. The van der Waals surface area contributed by atoms with Crippen LogP contribution in [0.4, 0.5) is 33.3 Å². The van der Waals surface area contributed by atoms with Crippen molar-refractivity contribution in [3.8, 4) is 0 Å². The Morgan fingerprint density at radius 3 is 2.75 bits per heavy atom. The molecule has 1 aliphatic heterocycles. The first kappa shape index (κ1) is 15.9. The van der Waals surface area contributed by atoms with Crippen molar-refractivity contribution in [2.24, 2.45) is 0 Å². The predicted octanol–water partition coefficient (Wildman–Crippen LogP) is 1.69. The van der Waals surface area contributed by atoms with E-state index in [0.29, 0.717) is 32.0 Å². The number of benzene rings is 1. The Labute approximate surface area is 136 Å². The molecule has 0 aliphatic carbocycles. The highest BCUT2D eigenvalue weighted by atomic mass is 19.1. The zero-order valence-corrected chi connectivity index (χ0v) is 12.6. The molecule has 0 amide bonds. The number of morpholine rings is 1. The first-order chi connectivity index (χ1) is 11.5. The number of nitrogen functional groups attached to an aromatic ring is 1. The van der Waals surface area contributed by atoms with Gasteiger partial charge in [-0.05, 0) is 18.2 Å². The number of nitro groups is 1. The van der Waals surface area contributed by atoms with Crippen LogP contribution in [0.1, 0.15) is 0 Å². The van der Waals surface area contributed by atoms with Crippen molar-refractivity contribution < 1.29 is 14.1 Å². The molecule has 3 N–H and O–H groups in total. The maximum absolute atomic E-state index is 13.3. The third-order valence-electron chi connectivity index (χ3n) is 3.46. The smallest absolute Gasteiger partial charge is 0.353 e. The average molecular weight is 334 g/mol. The summed E-state index contributed by atoms with van der Waals surface area (Å²) in [6.07, 6.45) is 0. The Hall–Kier alpha value is -3.01. The Bertz CT molecular complexity index is 766. The first-order valence-electron chi connectivity index (χ1n) is 7.22. The van der Waals surface area contributed by atoms with Crippen molar-refractivity contribution in [3.63, 3.8) is 0 Å². The van der Waals surface area contributed by atoms with Crippen LogP contribution >= 0.6 is 0 Å². The summed E-state index contributed by atoms with van der Waals surface area (Å²) in [5, 5.41) is 14.0. The fourth-order valence-electron chi connectivity index (χ4n) is 2.33. The van der Waals surface area contributed by atoms with Gasteiger partial charge in [0.05, 0.1) is 18.1 Å². The molecule has 0 spiro atoms. The van der Waals surface area contributed by atoms with E-state index in [-0.39, 0.29) is 17.6 Å². The van der Waals surface area contributed by atoms with Crippen LogP contribution in [0.5, 0.6) is 0 Å². The molecule has 0 unspecified atom stereocenters. The minimum Gasteiger partial charge on any atom is -0.378 e. The van der Waals surface area contributed by atoms with Gasteiger partial charge in [-0.1, -0.05) is 6.07 Å². The lowest BCUT2D eigenvalue weighted by atomic mass is 10.3. The number of nitrogens with one attached hydrogen (secondary N) is 1. The molecular weight excluding hydrogens is 319 g/mol. The lowest BCUT2D eigenvalue weighted by molar-refractivity contribution is -0.383. The minimum absolute atomic E-state index is 0.0837. The van der Waals surface area contributed by atoms with E-state index in [1.165, 1.54) is 18.2 Å². The Morgan fingerprint density at radius 2 is 2.08 bits per heavy atom. The summed E-state index contributed by atoms with van der Waals surface area (Å²) >= 11 is 0. The molecule has 2 heterocycles. The molecule has 1 aromatic carbocycles. The van der Waals surface area contributed by atoms with Gasteiger partial charge >= 0.3 is 5.69 Å². The van der Waals surface area contributed by atoms with Crippen LogP contribution in [-0.4, -0.2) is 41.2 Å². The zero-order chi connectivity index (χ0) is 17.1. The van der Waals surface area contributed by atoms with Crippen LogP contribution in [0, 0.1) is 15.9 Å². The van der Waals surface area contributed by atoms with Crippen molar-refractivity contribution in [1.82, 2.24) is 9.97 Å². The van der Waals surface area contributed by atoms with Crippen LogP contribution < -0.4 is 16.0 Å². The number of hydrogen-bond acceptors (Lipinski definition) is 8. The van der Waals surface area contributed by atoms with E-state index in [1.54, 1.807) is 6.07 Å². The number of anilines is 4. The molecule has 1 aliphatic rings. The molecule has 0 radical (unpaired) electrons. The zero-order valence-electron chi connectivity index (χ0n) is 12.6. The molecule has 2 aromatic rings. The SMILES string of the molecule is Nc1nc(N2CCOCC2)nc(Nc2cccc(F)c2)c1[N+](=O)[O-]. The summed E-state index contributed by atoms with van der Waals surface area (Å²) in [7, 11) is 0. The molecule has 1 saturated heterocycles. The monoisotopic (exact) mass is 334 g/mol. The summed E-state index contributed by atoms with van der Waals surface area (Å²) in [4.78, 5) is 20.7. The minimum atomic E-state index is -0.667. The van der Waals surface area contributed by atoms with Crippen molar-refractivity contribution in [2.45, 2.75) is 0 Å². The quantitative estimate of drug-likeness (QED) is 0.640. The van der Waals surface area contributed by atoms with Crippen LogP contribution in [0.15, 0.2) is 24.3 Å². The lowest BCUT2D eigenvalue weighted by Gasteiger charge is -2.27. The first-order valence-corrected chi connectivity index (χ1v) is 7.22. The van der Waals surface area contributed by atoms with Crippen molar-refractivity contribution >= 4 is 29.0 Å². The predicted molar refractivity (Wildman–Crippen MR) is 85.8 cm³/mol. The van der Waals surface area contributed by atoms with E-state index in [2.05, 4.69) is 15.3 Å². The number of nitrogens with two attached hydrogens (primary N) is 1. The molecule has 0 bridgehead atoms. The normalized spacial score (nSPS) is 14.5. The van der Waals surface area contributed by atoms with Gasteiger partial charge in [0.15, 0.2) is 0 Å². The summed E-state index contributed by atoms with van der Waals surface area (Å²) in [5.41, 5.74) is 5.62. The van der Waals surface area contributed by atoms with Gasteiger partial charge in [0.1, 0.15) is 5.82 Å². The van der Waals surface area contributed by atoms with E-state index >= 15 is 0 Å². The Morgan fingerprint density at radius 1 is 1.33 bits per heavy atom. The van der Waals surface area contributed by atoms with E-state index in [1.807, 2.05) is 4.90 Å². The third-order valence-corrected chi connectivity index (χ3v) is 3.46. The fraction of sp³-hybridized carbons (Fsp3) is 0.286. The van der Waals surface area contributed by atoms with Gasteiger partial charge in [0.25, 0.3) is 0 Å². The number of ether oxygens (including phenoxy) is 1. The molecule has 126 valence electrons.